The SMILES string of the molecule is Cc1nc(C#N)c(NCc2ccc(Oc3ccc(F)cc3)cc2)o1. The van der Waals surface area contributed by atoms with Crippen molar-refractivity contribution in [3.63, 3.8) is 0 Å². The highest BCUT2D eigenvalue weighted by Crippen LogP contribution is 2.22. The van der Waals surface area contributed by atoms with Crippen LogP contribution in [0.1, 0.15) is 17.1 Å². The number of aryl methyl sites for hydroxylation is 1. The fourth-order valence-corrected chi connectivity index (χ4v) is 2.12. The Bertz CT molecular complexity index is 865. The van der Waals surface area contributed by atoms with Crippen LogP contribution in [0.2, 0.25) is 0 Å². The Balaban J connectivity index is 1.62. The molecule has 5 nitrogen and oxygen atoms in total. The summed E-state index contributed by atoms with van der Waals surface area (Å²) in [7, 11) is 0. The second-order valence-corrected chi connectivity index (χ2v) is 5.08. The summed E-state index contributed by atoms with van der Waals surface area (Å²) in [5, 5.41) is 12.0. The molecule has 0 radical (unpaired) electrons. The molecule has 3 aromatic rings. The summed E-state index contributed by atoms with van der Waals surface area (Å²) in [6, 6.07) is 15.2. The molecule has 0 fully saturated rings. The maximum absolute atomic E-state index is 12.9. The number of hydrogen-bond acceptors (Lipinski definition) is 5. The molecule has 1 aromatic heterocycles. The van der Waals surface area contributed by atoms with Gasteiger partial charge in [0.15, 0.2) is 5.89 Å². The maximum atomic E-state index is 12.9. The molecular weight excluding hydrogens is 309 g/mol. The number of halogens is 1. The monoisotopic (exact) mass is 323 g/mol. The Morgan fingerprint density at radius 2 is 1.75 bits per heavy atom. The molecule has 3 rings (SSSR count). The minimum atomic E-state index is -0.303. The standard InChI is InChI=1S/C18H14FN3O2/c1-12-22-17(10-20)18(23-12)21-11-13-2-6-15(7-3-13)24-16-8-4-14(19)5-9-16/h2-9,21H,11H2,1H3. The second kappa shape index (κ2) is 6.84. The van der Waals surface area contributed by atoms with Crippen LogP contribution in [0.5, 0.6) is 11.5 Å². The molecular formula is C18H14FN3O2. The maximum Gasteiger partial charge on any atom is 0.232 e. The Morgan fingerprint density at radius 3 is 2.38 bits per heavy atom. The predicted octanol–water partition coefficient (Wildman–Crippen LogP) is 4.40. The lowest BCUT2D eigenvalue weighted by Crippen LogP contribution is -1.99. The van der Waals surface area contributed by atoms with E-state index in [1.807, 2.05) is 30.3 Å². The van der Waals surface area contributed by atoms with E-state index in [0.29, 0.717) is 29.8 Å². The van der Waals surface area contributed by atoms with Crippen molar-refractivity contribution in [1.29, 1.82) is 5.26 Å². The fraction of sp³-hybridized carbons (Fsp3) is 0.111. The molecule has 0 atom stereocenters. The third kappa shape index (κ3) is 3.70. The second-order valence-electron chi connectivity index (χ2n) is 5.08. The number of aromatic nitrogens is 1. The Labute approximate surface area is 138 Å². The minimum absolute atomic E-state index is 0.240. The van der Waals surface area contributed by atoms with E-state index in [9.17, 15) is 4.39 Å². The molecule has 0 aliphatic rings. The van der Waals surface area contributed by atoms with E-state index in [1.54, 1.807) is 19.1 Å². The van der Waals surface area contributed by atoms with Crippen molar-refractivity contribution in [3.8, 4) is 17.6 Å². The Morgan fingerprint density at radius 1 is 1.12 bits per heavy atom. The molecule has 1 heterocycles. The van der Waals surface area contributed by atoms with Crippen molar-refractivity contribution >= 4 is 5.88 Å². The summed E-state index contributed by atoms with van der Waals surface area (Å²) in [6.07, 6.45) is 0. The summed E-state index contributed by atoms with van der Waals surface area (Å²) >= 11 is 0. The van der Waals surface area contributed by atoms with E-state index < -0.39 is 0 Å². The van der Waals surface area contributed by atoms with Crippen molar-refractivity contribution in [1.82, 2.24) is 4.98 Å². The lowest BCUT2D eigenvalue weighted by atomic mass is 10.2. The molecule has 120 valence electrons. The van der Waals surface area contributed by atoms with Gasteiger partial charge in [-0.25, -0.2) is 9.37 Å². The van der Waals surface area contributed by atoms with Crippen LogP contribution in [0.25, 0.3) is 0 Å². The zero-order valence-corrected chi connectivity index (χ0v) is 12.9. The van der Waals surface area contributed by atoms with Gasteiger partial charge >= 0.3 is 0 Å². The normalized spacial score (nSPS) is 10.2. The van der Waals surface area contributed by atoms with Crippen molar-refractivity contribution < 1.29 is 13.5 Å². The van der Waals surface area contributed by atoms with Crippen LogP contribution in [0.4, 0.5) is 10.3 Å². The van der Waals surface area contributed by atoms with Crippen molar-refractivity contribution in [2.45, 2.75) is 13.5 Å². The van der Waals surface area contributed by atoms with E-state index >= 15 is 0 Å². The third-order valence-corrected chi connectivity index (χ3v) is 3.27. The van der Waals surface area contributed by atoms with E-state index in [0.717, 1.165) is 5.56 Å². The van der Waals surface area contributed by atoms with E-state index in [-0.39, 0.29) is 11.5 Å². The summed E-state index contributed by atoms with van der Waals surface area (Å²) < 4.78 is 23.8. The van der Waals surface area contributed by atoms with Crippen LogP contribution < -0.4 is 10.1 Å². The number of rotatable bonds is 5. The number of nitriles is 1. The molecule has 0 saturated carbocycles. The molecule has 0 spiro atoms. The van der Waals surface area contributed by atoms with Gasteiger partial charge in [-0.1, -0.05) is 12.1 Å². The van der Waals surface area contributed by atoms with Gasteiger partial charge in [-0.3, -0.25) is 0 Å². The average Bonchev–Trinajstić information content (AvgIpc) is 2.96. The highest BCUT2D eigenvalue weighted by molar-refractivity contribution is 5.46. The number of anilines is 1. The summed E-state index contributed by atoms with van der Waals surface area (Å²) in [5.74, 6) is 1.72. The smallest absolute Gasteiger partial charge is 0.232 e. The lowest BCUT2D eigenvalue weighted by molar-refractivity contribution is 0.480. The van der Waals surface area contributed by atoms with Crippen LogP contribution in [0, 0.1) is 24.1 Å². The minimum Gasteiger partial charge on any atom is -0.457 e. The number of benzene rings is 2. The summed E-state index contributed by atoms with van der Waals surface area (Å²) in [5.41, 5.74) is 1.23. The van der Waals surface area contributed by atoms with Gasteiger partial charge < -0.3 is 14.5 Å². The van der Waals surface area contributed by atoms with Crippen LogP contribution in [0.15, 0.2) is 52.9 Å². The van der Waals surface area contributed by atoms with Gasteiger partial charge in [-0.15, -0.1) is 0 Å². The van der Waals surface area contributed by atoms with Crippen molar-refractivity contribution in [3.05, 3.63) is 71.5 Å². The van der Waals surface area contributed by atoms with Crippen molar-refractivity contribution in [2.75, 3.05) is 5.32 Å². The molecule has 2 aromatic carbocycles. The van der Waals surface area contributed by atoms with E-state index in [1.165, 1.54) is 12.1 Å². The van der Waals surface area contributed by atoms with Crippen molar-refractivity contribution in [2.24, 2.45) is 0 Å². The fourth-order valence-electron chi connectivity index (χ4n) is 2.12. The van der Waals surface area contributed by atoms with Gasteiger partial charge in [0.25, 0.3) is 0 Å². The first kappa shape index (κ1) is 15.6. The lowest BCUT2D eigenvalue weighted by Gasteiger charge is -2.07. The Kier molecular flexibility index (Phi) is 4.43. The topological polar surface area (TPSA) is 71.1 Å². The van der Waals surface area contributed by atoms with Gasteiger partial charge in [-0.2, -0.15) is 5.26 Å². The van der Waals surface area contributed by atoms with E-state index in [4.69, 9.17) is 14.4 Å². The van der Waals surface area contributed by atoms with Gasteiger partial charge in [0, 0.05) is 13.5 Å². The third-order valence-electron chi connectivity index (χ3n) is 3.27. The highest BCUT2D eigenvalue weighted by Gasteiger charge is 2.09. The van der Waals surface area contributed by atoms with Gasteiger partial charge in [0.05, 0.1) is 0 Å². The molecule has 0 amide bonds. The highest BCUT2D eigenvalue weighted by atomic mass is 19.1. The molecule has 0 unspecified atom stereocenters. The average molecular weight is 323 g/mol. The van der Waals surface area contributed by atoms with Crippen LogP contribution in [0.3, 0.4) is 0 Å². The number of nitrogens with zero attached hydrogens (tertiary/aromatic N) is 2. The molecule has 0 saturated heterocycles. The molecule has 0 aliphatic carbocycles. The number of hydrogen-bond donors (Lipinski definition) is 1. The quantitative estimate of drug-likeness (QED) is 0.753. The summed E-state index contributed by atoms with van der Waals surface area (Å²) in [6.45, 7) is 2.17. The van der Waals surface area contributed by atoms with Gasteiger partial charge in [0.2, 0.25) is 11.6 Å². The van der Waals surface area contributed by atoms with Crippen LogP contribution in [-0.2, 0) is 6.54 Å². The number of nitrogens with one attached hydrogen (secondary N) is 1. The van der Waals surface area contributed by atoms with Crippen LogP contribution in [-0.4, -0.2) is 4.98 Å². The first-order valence-electron chi connectivity index (χ1n) is 7.28. The first-order valence-corrected chi connectivity index (χ1v) is 7.28. The zero-order valence-electron chi connectivity index (χ0n) is 12.9. The first-order chi connectivity index (χ1) is 11.6. The van der Waals surface area contributed by atoms with Gasteiger partial charge in [0.1, 0.15) is 23.4 Å². The largest absolute Gasteiger partial charge is 0.457 e. The molecule has 0 bridgehead atoms. The van der Waals surface area contributed by atoms with Crippen LogP contribution >= 0.6 is 0 Å². The summed E-state index contributed by atoms with van der Waals surface area (Å²) in [4.78, 5) is 3.97. The number of ether oxygens (including phenoxy) is 1. The predicted molar refractivity (Wildman–Crippen MR) is 86.2 cm³/mol. The molecule has 1 N–H and O–H groups in total. The van der Waals surface area contributed by atoms with Gasteiger partial charge in [-0.05, 0) is 42.0 Å². The zero-order chi connectivity index (χ0) is 16.9. The molecule has 24 heavy (non-hydrogen) atoms. The van der Waals surface area contributed by atoms with E-state index in [2.05, 4.69) is 10.3 Å². The molecule has 0 aliphatic heterocycles. The number of oxazole rings is 1. The Hall–Kier alpha value is -3.33. The molecule has 6 heteroatoms.